The summed E-state index contributed by atoms with van der Waals surface area (Å²) < 4.78 is 0. The van der Waals surface area contributed by atoms with Crippen molar-refractivity contribution in [3.05, 3.63) is 11.6 Å². The molecule has 2 atom stereocenters. The molecule has 0 aromatic rings. The smallest absolute Gasteiger partial charge is 0.233 e. The number of carbonyl (C=O) groups is 1. The van der Waals surface area contributed by atoms with Crippen LogP contribution in [0.3, 0.4) is 0 Å². The van der Waals surface area contributed by atoms with Crippen LogP contribution in [0.25, 0.3) is 0 Å². The van der Waals surface area contributed by atoms with E-state index >= 15 is 0 Å². The molecule has 0 bridgehead atoms. The fraction of sp³-hybridized carbons (Fsp3) is 0.824. The van der Waals surface area contributed by atoms with Crippen molar-refractivity contribution in [2.75, 3.05) is 33.2 Å². The normalized spacial score (nSPS) is 28.2. The lowest BCUT2D eigenvalue weighted by atomic mass is 9.80. The van der Waals surface area contributed by atoms with Crippen molar-refractivity contribution in [3.63, 3.8) is 0 Å². The Morgan fingerprint density at radius 2 is 2.05 bits per heavy atom. The zero-order valence-corrected chi connectivity index (χ0v) is 13.8. The van der Waals surface area contributed by atoms with E-state index in [-0.39, 0.29) is 5.91 Å². The maximum Gasteiger partial charge on any atom is 0.233 e. The average Bonchev–Trinajstić information content (AvgIpc) is 2.48. The van der Waals surface area contributed by atoms with Gasteiger partial charge in [-0.1, -0.05) is 18.6 Å². The second-order valence-corrected chi connectivity index (χ2v) is 6.74. The first-order chi connectivity index (χ1) is 10.1. The summed E-state index contributed by atoms with van der Waals surface area (Å²) >= 11 is 0. The van der Waals surface area contributed by atoms with Crippen molar-refractivity contribution in [1.29, 1.82) is 0 Å². The molecule has 1 saturated heterocycles. The van der Waals surface area contributed by atoms with Gasteiger partial charge in [0, 0.05) is 32.7 Å². The van der Waals surface area contributed by atoms with E-state index in [9.17, 15) is 4.79 Å². The molecule has 0 spiro atoms. The molecule has 1 amide bonds. The number of likely N-dealkylation sites (N-methyl/N-ethyl adjacent to an activating group) is 1. The Balaban J connectivity index is 1.70. The molecular weight excluding hydrogens is 262 g/mol. The molecule has 0 radical (unpaired) electrons. The third kappa shape index (κ3) is 4.82. The highest BCUT2D eigenvalue weighted by Gasteiger charge is 2.25. The summed E-state index contributed by atoms with van der Waals surface area (Å²) in [4.78, 5) is 13.6. The zero-order valence-electron chi connectivity index (χ0n) is 13.8. The minimum absolute atomic E-state index is 0.123. The van der Waals surface area contributed by atoms with Crippen molar-refractivity contribution in [3.8, 4) is 0 Å². The molecule has 120 valence electrons. The number of nitrogens with zero attached hydrogens (tertiary/aromatic N) is 1. The highest BCUT2D eigenvalue weighted by atomic mass is 16.1. The van der Waals surface area contributed by atoms with Gasteiger partial charge in [0.2, 0.25) is 5.91 Å². The number of hydrogen-bond donors (Lipinski definition) is 2. The maximum atomic E-state index is 11.4. The van der Waals surface area contributed by atoms with Gasteiger partial charge in [-0.25, -0.2) is 0 Å². The van der Waals surface area contributed by atoms with Crippen LogP contribution in [0.1, 0.15) is 39.5 Å². The van der Waals surface area contributed by atoms with Gasteiger partial charge in [0.05, 0.1) is 6.54 Å². The fourth-order valence-corrected chi connectivity index (χ4v) is 3.61. The number of rotatable bonds is 5. The average molecular weight is 293 g/mol. The number of allylic oxidation sites excluding steroid dienone is 1. The standard InChI is InChI=1S/C17H31N3O/c1-13-5-4-6-14(2)16(13)11-19-15-7-9-20(10-8-15)12-17(21)18-3/h5,14-16,19H,4,6-12H2,1-3H3,(H,18,21)/t14-,16-/m0/s1. The van der Waals surface area contributed by atoms with Crippen LogP contribution in [-0.2, 0) is 4.79 Å². The summed E-state index contributed by atoms with van der Waals surface area (Å²) in [6, 6.07) is 0.618. The van der Waals surface area contributed by atoms with Gasteiger partial charge in [-0.15, -0.1) is 0 Å². The van der Waals surface area contributed by atoms with Crippen molar-refractivity contribution >= 4 is 5.91 Å². The number of carbonyl (C=O) groups excluding carboxylic acids is 1. The van der Waals surface area contributed by atoms with E-state index in [4.69, 9.17) is 0 Å². The number of piperidine rings is 1. The van der Waals surface area contributed by atoms with E-state index in [0.717, 1.165) is 38.4 Å². The summed E-state index contributed by atoms with van der Waals surface area (Å²) in [5.41, 5.74) is 1.57. The third-order valence-electron chi connectivity index (χ3n) is 5.22. The van der Waals surface area contributed by atoms with E-state index in [0.29, 0.717) is 18.5 Å². The predicted octanol–water partition coefficient (Wildman–Crippen LogP) is 1.78. The molecule has 1 fully saturated rings. The Hall–Kier alpha value is -0.870. The first-order valence-electron chi connectivity index (χ1n) is 8.43. The van der Waals surface area contributed by atoms with Crippen LogP contribution >= 0.6 is 0 Å². The molecule has 2 N–H and O–H groups in total. The molecule has 1 aliphatic carbocycles. The maximum absolute atomic E-state index is 11.4. The topological polar surface area (TPSA) is 44.4 Å². The van der Waals surface area contributed by atoms with Crippen molar-refractivity contribution in [1.82, 2.24) is 15.5 Å². The molecule has 1 heterocycles. The van der Waals surface area contributed by atoms with Crippen molar-refractivity contribution in [2.45, 2.75) is 45.6 Å². The van der Waals surface area contributed by atoms with Gasteiger partial charge in [0.25, 0.3) is 0 Å². The number of nitrogens with one attached hydrogen (secondary N) is 2. The molecule has 0 unspecified atom stereocenters. The summed E-state index contributed by atoms with van der Waals surface area (Å²) in [5.74, 6) is 1.64. The number of likely N-dealkylation sites (tertiary alicyclic amines) is 1. The van der Waals surface area contributed by atoms with Crippen LogP contribution in [-0.4, -0.2) is 50.1 Å². The molecule has 0 aromatic carbocycles. The van der Waals surface area contributed by atoms with E-state index < -0.39 is 0 Å². The minimum atomic E-state index is 0.123. The molecule has 0 aromatic heterocycles. The van der Waals surface area contributed by atoms with Crippen LogP contribution < -0.4 is 10.6 Å². The van der Waals surface area contributed by atoms with Gasteiger partial charge in [0.15, 0.2) is 0 Å². The molecule has 2 aliphatic rings. The van der Waals surface area contributed by atoms with E-state index in [1.165, 1.54) is 12.8 Å². The van der Waals surface area contributed by atoms with Gasteiger partial charge < -0.3 is 10.6 Å². The second kappa shape index (κ2) is 7.95. The lowest BCUT2D eigenvalue weighted by Crippen LogP contribution is -2.47. The van der Waals surface area contributed by atoms with Crippen LogP contribution in [0.15, 0.2) is 11.6 Å². The Morgan fingerprint density at radius 1 is 1.33 bits per heavy atom. The highest BCUT2D eigenvalue weighted by Crippen LogP contribution is 2.29. The van der Waals surface area contributed by atoms with Gasteiger partial charge >= 0.3 is 0 Å². The van der Waals surface area contributed by atoms with Crippen LogP contribution in [0, 0.1) is 11.8 Å². The van der Waals surface area contributed by atoms with E-state index in [2.05, 4.69) is 35.5 Å². The molecule has 21 heavy (non-hydrogen) atoms. The Morgan fingerprint density at radius 3 is 2.67 bits per heavy atom. The Labute approximate surface area is 129 Å². The Kier molecular flexibility index (Phi) is 6.24. The molecule has 1 aliphatic heterocycles. The predicted molar refractivity (Wildman–Crippen MR) is 87.2 cm³/mol. The van der Waals surface area contributed by atoms with Gasteiger partial charge in [-0.2, -0.15) is 0 Å². The first-order valence-corrected chi connectivity index (χ1v) is 8.43. The van der Waals surface area contributed by atoms with Crippen LogP contribution in [0.4, 0.5) is 0 Å². The van der Waals surface area contributed by atoms with E-state index in [1.54, 1.807) is 12.6 Å². The van der Waals surface area contributed by atoms with Gasteiger partial charge in [0.1, 0.15) is 0 Å². The van der Waals surface area contributed by atoms with Crippen molar-refractivity contribution < 1.29 is 4.79 Å². The number of amides is 1. The van der Waals surface area contributed by atoms with Crippen LogP contribution in [0.2, 0.25) is 0 Å². The molecule has 4 heteroatoms. The molecule has 0 saturated carbocycles. The monoisotopic (exact) mass is 293 g/mol. The molecular formula is C17H31N3O. The lowest BCUT2D eigenvalue weighted by Gasteiger charge is -2.35. The summed E-state index contributed by atoms with van der Waals surface area (Å²) in [6.45, 7) is 8.39. The lowest BCUT2D eigenvalue weighted by molar-refractivity contribution is -0.122. The largest absolute Gasteiger partial charge is 0.358 e. The zero-order chi connectivity index (χ0) is 15.2. The summed E-state index contributed by atoms with van der Waals surface area (Å²) in [7, 11) is 1.71. The fourth-order valence-electron chi connectivity index (χ4n) is 3.61. The van der Waals surface area contributed by atoms with Crippen LogP contribution in [0.5, 0.6) is 0 Å². The third-order valence-corrected chi connectivity index (χ3v) is 5.22. The van der Waals surface area contributed by atoms with Gasteiger partial charge in [-0.3, -0.25) is 9.69 Å². The molecule has 2 rings (SSSR count). The van der Waals surface area contributed by atoms with E-state index in [1.807, 2.05) is 0 Å². The number of hydrogen-bond acceptors (Lipinski definition) is 3. The Bertz CT molecular complexity index is 372. The molecule has 4 nitrogen and oxygen atoms in total. The minimum Gasteiger partial charge on any atom is -0.358 e. The summed E-state index contributed by atoms with van der Waals surface area (Å²) in [5, 5.41) is 6.47. The van der Waals surface area contributed by atoms with Crippen molar-refractivity contribution in [2.24, 2.45) is 11.8 Å². The van der Waals surface area contributed by atoms with Gasteiger partial charge in [-0.05, 0) is 44.4 Å². The highest BCUT2D eigenvalue weighted by molar-refractivity contribution is 5.77. The summed E-state index contributed by atoms with van der Waals surface area (Å²) in [6.07, 6.45) is 7.30. The quantitative estimate of drug-likeness (QED) is 0.760. The second-order valence-electron chi connectivity index (χ2n) is 6.74. The first kappa shape index (κ1) is 16.5. The SMILES string of the molecule is CNC(=O)CN1CCC(NC[C@H]2C(C)=CCC[C@@H]2C)CC1.